The van der Waals surface area contributed by atoms with Gasteiger partial charge in [0.15, 0.2) is 5.82 Å². The molecule has 0 aliphatic rings. The predicted octanol–water partition coefficient (Wildman–Crippen LogP) is 1.38. The van der Waals surface area contributed by atoms with E-state index >= 15 is 0 Å². The standard InChI is InChI=1S/C7H7BrN4/c1-4-5(8)6-7(9)10-2-3-12(6)11-4/h2-3H,1H3,(H2,9,10). The molecule has 2 N–H and O–H groups in total. The van der Waals surface area contributed by atoms with E-state index in [-0.39, 0.29) is 0 Å². The van der Waals surface area contributed by atoms with Crippen molar-refractivity contribution in [2.24, 2.45) is 0 Å². The number of aromatic nitrogens is 3. The first kappa shape index (κ1) is 7.54. The van der Waals surface area contributed by atoms with Crippen LogP contribution in [0.1, 0.15) is 5.69 Å². The van der Waals surface area contributed by atoms with E-state index < -0.39 is 0 Å². The zero-order valence-electron chi connectivity index (χ0n) is 6.45. The number of nitrogens with two attached hydrogens (primary N) is 1. The Bertz CT molecular complexity index is 434. The van der Waals surface area contributed by atoms with Crippen LogP contribution in [0.5, 0.6) is 0 Å². The number of fused-ring (bicyclic) bond motifs is 1. The molecule has 0 aromatic carbocycles. The molecule has 12 heavy (non-hydrogen) atoms. The summed E-state index contributed by atoms with van der Waals surface area (Å²) in [6.45, 7) is 1.91. The molecule has 2 rings (SSSR count). The summed E-state index contributed by atoms with van der Waals surface area (Å²) in [5, 5.41) is 4.22. The van der Waals surface area contributed by atoms with Gasteiger partial charge in [-0.1, -0.05) is 0 Å². The topological polar surface area (TPSA) is 56.2 Å². The van der Waals surface area contributed by atoms with Gasteiger partial charge >= 0.3 is 0 Å². The summed E-state index contributed by atoms with van der Waals surface area (Å²) >= 11 is 3.40. The fourth-order valence-electron chi connectivity index (χ4n) is 1.10. The molecule has 0 radical (unpaired) electrons. The Hall–Kier alpha value is -1.10. The molecule has 0 atom stereocenters. The van der Waals surface area contributed by atoms with Gasteiger partial charge in [-0.25, -0.2) is 9.50 Å². The third-order valence-corrected chi connectivity index (χ3v) is 2.63. The Morgan fingerprint density at radius 2 is 2.33 bits per heavy atom. The van der Waals surface area contributed by atoms with Crippen LogP contribution in [0.4, 0.5) is 5.82 Å². The van der Waals surface area contributed by atoms with Crippen molar-refractivity contribution in [2.75, 3.05) is 5.73 Å². The van der Waals surface area contributed by atoms with Gasteiger partial charge in [0.05, 0.1) is 10.2 Å². The van der Waals surface area contributed by atoms with Crippen molar-refractivity contribution in [3.8, 4) is 0 Å². The SMILES string of the molecule is Cc1nn2ccnc(N)c2c1Br. The number of rotatable bonds is 0. The fraction of sp³-hybridized carbons (Fsp3) is 0.143. The van der Waals surface area contributed by atoms with E-state index in [0.29, 0.717) is 5.82 Å². The van der Waals surface area contributed by atoms with Crippen molar-refractivity contribution >= 4 is 27.3 Å². The van der Waals surface area contributed by atoms with Gasteiger partial charge in [-0.3, -0.25) is 0 Å². The Morgan fingerprint density at radius 1 is 1.58 bits per heavy atom. The lowest BCUT2D eigenvalue weighted by Crippen LogP contribution is -1.95. The van der Waals surface area contributed by atoms with Gasteiger partial charge in [-0.05, 0) is 22.9 Å². The van der Waals surface area contributed by atoms with E-state index in [4.69, 9.17) is 5.73 Å². The summed E-state index contributed by atoms with van der Waals surface area (Å²) in [6.07, 6.45) is 3.39. The molecular weight excluding hydrogens is 220 g/mol. The third kappa shape index (κ3) is 0.896. The normalized spacial score (nSPS) is 10.8. The monoisotopic (exact) mass is 226 g/mol. The number of hydrogen-bond acceptors (Lipinski definition) is 3. The van der Waals surface area contributed by atoms with E-state index in [2.05, 4.69) is 26.0 Å². The molecule has 0 aliphatic heterocycles. The largest absolute Gasteiger partial charge is 0.382 e. The Labute approximate surface area is 77.5 Å². The van der Waals surface area contributed by atoms with Crippen LogP contribution >= 0.6 is 15.9 Å². The number of anilines is 1. The highest BCUT2D eigenvalue weighted by molar-refractivity contribution is 9.10. The second kappa shape index (κ2) is 2.45. The molecule has 0 fully saturated rings. The zero-order chi connectivity index (χ0) is 8.72. The molecule has 62 valence electrons. The van der Waals surface area contributed by atoms with E-state index in [0.717, 1.165) is 15.7 Å². The summed E-state index contributed by atoms with van der Waals surface area (Å²) in [7, 11) is 0. The zero-order valence-corrected chi connectivity index (χ0v) is 8.04. The number of hydrogen-bond donors (Lipinski definition) is 1. The first-order valence-corrected chi connectivity index (χ1v) is 4.24. The molecule has 2 heterocycles. The molecule has 0 aliphatic carbocycles. The van der Waals surface area contributed by atoms with Gasteiger partial charge in [-0.15, -0.1) is 0 Å². The molecule has 0 unspecified atom stereocenters. The maximum absolute atomic E-state index is 5.67. The minimum absolute atomic E-state index is 0.491. The number of halogens is 1. The molecule has 5 heteroatoms. The Kier molecular flexibility index (Phi) is 1.54. The lowest BCUT2D eigenvalue weighted by molar-refractivity contribution is 0.924. The maximum atomic E-state index is 5.67. The van der Waals surface area contributed by atoms with Gasteiger partial charge in [0.2, 0.25) is 0 Å². The summed E-state index contributed by atoms with van der Waals surface area (Å²) in [5.74, 6) is 0.491. The summed E-state index contributed by atoms with van der Waals surface area (Å²) in [4.78, 5) is 3.97. The molecule has 0 spiro atoms. The lowest BCUT2D eigenvalue weighted by atomic mass is 10.4. The highest BCUT2D eigenvalue weighted by atomic mass is 79.9. The predicted molar refractivity (Wildman–Crippen MR) is 49.8 cm³/mol. The fourth-order valence-corrected chi connectivity index (χ4v) is 1.57. The van der Waals surface area contributed by atoms with Crippen LogP contribution in [-0.2, 0) is 0 Å². The maximum Gasteiger partial charge on any atom is 0.150 e. The van der Waals surface area contributed by atoms with Crippen molar-refractivity contribution in [3.63, 3.8) is 0 Å². The van der Waals surface area contributed by atoms with Crippen LogP contribution < -0.4 is 5.73 Å². The van der Waals surface area contributed by atoms with Gasteiger partial charge in [0.1, 0.15) is 5.52 Å². The second-order valence-corrected chi connectivity index (χ2v) is 3.30. The minimum Gasteiger partial charge on any atom is -0.382 e. The minimum atomic E-state index is 0.491. The highest BCUT2D eigenvalue weighted by Crippen LogP contribution is 2.24. The molecule has 4 nitrogen and oxygen atoms in total. The quantitative estimate of drug-likeness (QED) is 0.739. The second-order valence-electron chi connectivity index (χ2n) is 2.51. The summed E-state index contributed by atoms with van der Waals surface area (Å²) in [6, 6.07) is 0. The third-order valence-electron chi connectivity index (χ3n) is 1.68. The van der Waals surface area contributed by atoms with E-state index in [1.807, 2.05) is 6.92 Å². The van der Waals surface area contributed by atoms with Crippen LogP contribution in [-0.4, -0.2) is 14.6 Å². The van der Waals surface area contributed by atoms with Crippen molar-refractivity contribution in [1.82, 2.24) is 14.6 Å². The average molecular weight is 227 g/mol. The van der Waals surface area contributed by atoms with E-state index in [1.54, 1.807) is 16.9 Å². The molecule has 0 saturated heterocycles. The first-order chi connectivity index (χ1) is 5.70. The van der Waals surface area contributed by atoms with Crippen molar-refractivity contribution in [1.29, 1.82) is 0 Å². The van der Waals surface area contributed by atoms with Gasteiger partial charge < -0.3 is 5.73 Å². The molecule has 2 aromatic rings. The number of aryl methyl sites for hydroxylation is 1. The first-order valence-electron chi connectivity index (χ1n) is 3.45. The Morgan fingerprint density at radius 3 is 3.00 bits per heavy atom. The summed E-state index contributed by atoms with van der Waals surface area (Å²) < 4.78 is 2.62. The lowest BCUT2D eigenvalue weighted by Gasteiger charge is -1.94. The van der Waals surface area contributed by atoms with Crippen molar-refractivity contribution in [2.45, 2.75) is 6.92 Å². The molecular formula is C7H7BrN4. The number of nitrogens with zero attached hydrogens (tertiary/aromatic N) is 3. The van der Waals surface area contributed by atoms with Crippen molar-refractivity contribution < 1.29 is 0 Å². The number of nitrogen functional groups attached to an aromatic ring is 1. The molecule has 0 amide bonds. The van der Waals surface area contributed by atoms with Crippen LogP contribution in [0.15, 0.2) is 16.9 Å². The highest BCUT2D eigenvalue weighted by Gasteiger charge is 2.08. The summed E-state index contributed by atoms with van der Waals surface area (Å²) in [5.41, 5.74) is 7.41. The van der Waals surface area contributed by atoms with Crippen molar-refractivity contribution in [3.05, 3.63) is 22.6 Å². The molecule has 0 saturated carbocycles. The van der Waals surface area contributed by atoms with Crippen LogP contribution in [0.2, 0.25) is 0 Å². The van der Waals surface area contributed by atoms with Gasteiger partial charge in [0.25, 0.3) is 0 Å². The molecule has 0 bridgehead atoms. The van der Waals surface area contributed by atoms with Crippen LogP contribution in [0, 0.1) is 6.92 Å². The average Bonchev–Trinajstić information content (AvgIpc) is 2.29. The van der Waals surface area contributed by atoms with Gasteiger partial charge in [-0.2, -0.15) is 5.10 Å². The molecule has 2 aromatic heterocycles. The van der Waals surface area contributed by atoms with E-state index in [9.17, 15) is 0 Å². The Balaban J connectivity index is 2.97. The van der Waals surface area contributed by atoms with Crippen LogP contribution in [0.3, 0.4) is 0 Å². The van der Waals surface area contributed by atoms with E-state index in [1.165, 1.54) is 0 Å². The van der Waals surface area contributed by atoms with Gasteiger partial charge in [0, 0.05) is 12.4 Å². The smallest absolute Gasteiger partial charge is 0.150 e. The van der Waals surface area contributed by atoms with Crippen LogP contribution in [0.25, 0.3) is 5.52 Å².